The molecule has 0 spiro atoms. The minimum atomic E-state index is -0.329. The molecular weight excluding hydrogens is 424 g/mol. The molecule has 0 radical (unpaired) electrons. The van der Waals surface area contributed by atoms with Gasteiger partial charge >= 0.3 is 0 Å². The van der Waals surface area contributed by atoms with Crippen LogP contribution in [0.5, 0.6) is 5.75 Å². The second kappa shape index (κ2) is 9.96. The molecule has 1 aliphatic rings. The Balaban J connectivity index is 1.88. The van der Waals surface area contributed by atoms with Gasteiger partial charge in [0.1, 0.15) is 11.4 Å². The van der Waals surface area contributed by atoms with Crippen LogP contribution in [0.4, 0.5) is 5.69 Å². The first-order chi connectivity index (χ1) is 16.5. The average molecular weight is 455 g/mol. The smallest absolute Gasteiger partial charge is 0.282 e. The van der Waals surface area contributed by atoms with Crippen LogP contribution in [-0.4, -0.2) is 29.9 Å². The van der Waals surface area contributed by atoms with Crippen LogP contribution in [0.3, 0.4) is 0 Å². The van der Waals surface area contributed by atoms with Gasteiger partial charge in [0.15, 0.2) is 0 Å². The van der Waals surface area contributed by atoms with Crippen molar-refractivity contribution in [2.75, 3.05) is 18.1 Å². The molecule has 2 amide bonds. The third kappa shape index (κ3) is 4.34. The molecule has 0 unspecified atom stereocenters. The topological polar surface area (TPSA) is 49.9 Å². The largest absolute Gasteiger partial charge is 0.492 e. The molecule has 5 nitrogen and oxygen atoms in total. The molecule has 0 N–H and O–H groups in total. The normalized spacial score (nSPS) is 13.6. The molecular formula is C29H30N2O3. The molecule has 0 aliphatic carbocycles. The Labute approximate surface area is 201 Å². The predicted octanol–water partition coefficient (Wildman–Crippen LogP) is 5.51. The fourth-order valence-electron chi connectivity index (χ4n) is 4.44. The summed E-state index contributed by atoms with van der Waals surface area (Å²) in [7, 11) is 0. The first kappa shape index (κ1) is 23.3. The maximum atomic E-state index is 14.0. The molecule has 0 bridgehead atoms. The van der Waals surface area contributed by atoms with Crippen LogP contribution in [0.2, 0.25) is 0 Å². The number of anilines is 1. The van der Waals surface area contributed by atoms with Crippen molar-refractivity contribution in [1.29, 1.82) is 0 Å². The zero-order chi connectivity index (χ0) is 24.2. The van der Waals surface area contributed by atoms with E-state index in [9.17, 15) is 9.59 Å². The molecule has 1 aliphatic heterocycles. The molecule has 174 valence electrons. The highest BCUT2D eigenvalue weighted by atomic mass is 16.5. The SMILES string of the molecule is CCOc1ccccc1N1C(=O)C(c2ccc(C)cc2C)=C(N(CC)Cc2ccccc2)C1=O. The number of amides is 2. The second-order valence-corrected chi connectivity index (χ2v) is 8.39. The van der Waals surface area contributed by atoms with Crippen molar-refractivity contribution in [2.24, 2.45) is 0 Å². The van der Waals surface area contributed by atoms with Crippen molar-refractivity contribution in [2.45, 2.75) is 34.2 Å². The Morgan fingerprint density at radius 1 is 0.853 bits per heavy atom. The quantitative estimate of drug-likeness (QED) is 0.421. The molecule has 1 heterocycles. The second-order valence-electron chi connectivity index (χ2n) is 8.39. The third-order valence-corrected chi connectivity index (χ3v) is 6.03. The Bertz CT molecular complexity index is 1250. The molecule has 0 saturated carbocycles. The van der Waals surface area contributed by atoms with Gasteiger partial charge in [-0.3, -0.25) is 9.59 Å². The van der Waals surface area contributed by atoms with Crippen LogP contribution >= 0.6 is 0 Å². The van der Waals surface area contributed by atoms with Crippen molar-refractivity contribution in [3.63, 3.8) is 0 Å². The standard InChI is InChI=1S/C29H30N2O3/c1-5-30(19-22-12-8-7-9-13-22)27-26(23-17-16-20(3)18-21(23)4)28(32)31(29(27)33)24-14-10-11-15-25(24)34-6-2/h7-18H,5-6,19H2,1-4H3. The van der Waals surface area contributed by atoms with Gasteiger partial charge in [-0.05, 0) is 56.5 Å². The molecule has 0 fully saturated rings. The monoisotopic (exact) mass is 454 g/mol. The van der Waals surface area contributed by atoms with Gasteiger partial charge in [0, 0.05) is 13.1 Å². The minimum Gasteiger partial charge on any atom is -0.492 e. The molecule has 0 aromatic heterocycles. The predicted molar refractivity (Wildman–Crippen MR) is 135 cm³/mol. The molecule has 3 aromatic carbocycles. The van der Waals surface area contributed by atoms with Crippen molar-refractivity contribution < 1.29 is 14.3 Å². The van der Waals surface area contributed by atoms with Gasteiger partial charge in [0.2, 0.25) is 0 Å². The van der Waals surface area contributed by atoms with Gasteiger partial charge in [-0.25, -0.2) is 4.90 Å². The summed E-state index contributed by atoms with van der Waals surface area (Å²) in [5, 5.41) is 0. The lowest BCUT2D eigenvalue weighted by Gasteiger charge is -2.25. The van der Waals surface area contributed by atoms with Crippen molar-refractivity contribution >= 4 is 23.1 Å². The van der Waals surface area contributed by atoms with Gasteiger partial charge in [0.05, 0.1) is 17.9 Å². The van der Waals surface area contributed by atoms with Crippen molar-refractivity contribution in [3.8, 4) is 5.75 Å². The van der Waals surface area contributed by atoms with E-state index in [-0.39, 0.29) is 11.8 Å². The molecule has 4 rings (SSSR count). The maximum Gasteiger partial charge on any atom is 0.282 e. The summed E-state index contributed by atoms with van der Waals surface area (Å²) in [5.41, 5.74) is 5.25. The number of carbonyl (C=O) groups is 2. The summed E-state index contributed by atoms with van der Waals surface area (Å²) in [6.07, 6.45) is 0. The lowest BCUT2D eigenvalue weighted by molar-refractivity contribution is -0.120. The Morgan fingerprint density at radius 3 is 2.24 bits per heavy atom. The number of benzene rings is 3. The number of rotatable bonds is 8. The van der Waals surface area contributed by atoms with Crippen LogP contribution in [0.25, 0.3) is 5.57 Å². The summed E-state index contributed by atoms with van der Waals surface area (Å²) in [5.74, 6) is -0.144. The number of carbonyl (C=O) groups excluding carboxylic acids is 2. The summed E-state index contributed by atoms with van der Waals surface area (Å²) >= 11 is 0. The van der Waals surface area contributed by atoms with Crippen molar-refractivity contribution in [1.82, 2.24) is 4.90 Å². The Hall–Kier alpha value is -3.86. The van der Waals surface area contributed by atoms with Gasteiger partial charge < -0.3 is 9.64 Å². The molecule has 5 heteroatoms. The van der Waals surface area contributed by atoms with Crippen LogP contribution in [0.15, 0.2) is 78.5 Å². The fraction of sp³-hybridized carbons (Fsp3) is 0.241. The number of hydrogen-bond acceptors (Lipinski definition) is 4. The zero-order valence-electron chi connectivity index (χ0n) is 20.2. The number of likely N-dealkylation sites (N-methyl/N-ethyl adjacent to an activating group) is 1. The maximum absolute atomic E-state index is 14.0. The summed E-state index contributed by atoms with van der Waals surface area (Å²) in [6.45, 7) is 9.44. The summed E-state index contributed by atoms with van der Waals surface area (Å²) < 4.78 is 5.77. The lowest BCUT2D eigenvalue weighted by Crippen LogP contribution is -2.35. The highest BCUT2D eigenvalue weighted by Crippen LogP contribution is 2.39. The van der Waals surface area contributed by atoms with E-state index in [1.807, 2.05) is 93.3 Å². The first-order valence-electron chi connectivity index (χ1n) is 11.7. The average Bonchev–Trinajstić information content (AvgIpc) is 3.08. The number of nitrogens with zero attached hydrogens (tertiary/aromatic N) is 2. The van der Waals surface area contributed by atoms with Gasteiger partial charge in [-0.15, -0.1) is 0 Å². The van der Waals surface area contributed by atoms with E-state index in [0.29, 0.717) is 42.4 Å². The minimum absolute atomic E-state index is 0.328. The van der Waals surface area contributed by atoms with Gasteiger partial charge in [0.25, 0.3) is 11.8 Å². The van der Waals surface area contributed by atoms with E-state index >= 15 is 0 Å². The number of aryl methyl sites for hydroxylation is 2. The fourth-order valence-corrected chi connectivity index (χ4v) is 4.44. The van der Waals surface area contributed by atoms with Gasteiger partial charge in [-0.1, -0.05) is 66.2 Å². The van der Waals surface area contributed by atoms with E-state index in [4.69, 9.17) is 4.74 Å². The third-order valence-electron chi connectivity index (χ3n) is 6.03. The molecule has 0 saturated heterocycles. The first-order valence-corrected chi connectivity index (χ1v) is 11.7. The van der Waals surface area contributed by atoms with E-state index < -0.39 is 0 Å². The summed E-state index contributed by atoms with van der Waals surface area (Å²) in [4.78, 5) is 31.2. The molecule has 3 aromatic rings. The van der Waals surface area contributed by atoms with Crippen molar-refractivity contribution in [3.05, 3.63) is 101 Å². The molecule has 34 heavy (non-hydrogen) atoms. The highest BCUT2D eigenvalue weighted by molar-refractivity contribution is 6.45. The highest BCUT2D eigenvalue weighted by Gasteiger charge is 2.43. The number of para-hydroxylation sites is 2. The van der Waals surface area contributed by atoms with Crippen LogP contribution in [0, 0.1) is 13.8 Å². The number of imide groups is 1. The molecule has 0 atom stereocenters. The van der Waals surface area contributed by atoms with E-state index in [2.05, 4.69) is 0 Å². The Kier molecular flexibility index (Phi) is 6.82. The van der Waals surface area contributed by atoms with Gasteiger partial charge in [-0.2, -0.15) is 0 Å². The van der Waals surface area contributed by atoms with Crippen LogP contribution in [-0.2, 0) is 16.1 Å². The lowest BCUT2D eigenvalue weighted by atomic mass is 9.97. The summed E-state index contributed by atoms with van der Waals surface area (Å²) in [6, 6.07) is 23.2. The van der Waals surface area contributed by atoms with E-state index in [1.54, 1.807) is 12.1 Å². The van der Waals surface area contributed by atoms with Crippen LogP contribution in [0.1, 0.15) is 36.1 Å². The van der Waals surface area contributed by atoms with E-state index in [0.717, 1.165) is 22.3 Å². The van der Waals surface area contributed by atoms with Crippen LogP contribution < -0.4 is 9.64 Å². The number of ether oxygens (including phenoxy) is 1. The Morgan fingerprint density at radius 2 is 1.56 bits per heavy atom. The van der Waals surface area contributed by atoms with E-state index in [1.165, 1.54) is 4.90 Å². The zero-order valence-corrected chi connectivity index (χ0v) is 20.2. The number of hydrogen-bond donors (Lipinski definition) is 0.